The second kappa shape index (κ2) is 11.6. The molecule has 35 heavy (non-hydrogen) atoms. The number of nitrogens with one attached hydrogen (secondary N) is 1. The first-order chi connectivity index (χ1) is 16.1. The van der Waals surface area contributed by atoms with Crippen LogP contribution in [0, 0.1) is 0 Å². The lowest BCUT2D eigenvalue weighted by Gasteiger charge is -2.17. The number of alkyl halides is 3. The fourth-order valence-corrected chi connectivity index (χ4v) is 3.28. The van der Waals surface area contributed by atoms with Gasteiger partial charge in [0.1, 0.15) is 6.33 Å². The number of ketones is 1. The van der Waals surface area contributed by atoms with Gasteiger partial charge in [0.2, 0.25) is 5.78 Å². The number of carbonyl (C=O) groups is 3. The summed E-state index contributed by atoms with van der Waals surface area (Å²) in [5.41, 5.74) is 5.26. The van der Waals surface area contributed by atoms with Crippen molar-refractivity contribution in [3.05, 3.63) is 66.2 Å². The molecule has 3 aromatic rings. The molecule has 1 aromatic carbocycles. The highest BCUT2D eigenvalue weighted by molar-refractivity contribution is 6.38. The zero-order valence-electron chi connectivity index (χ0n) is 18.6. The van der Waals surface area contributed by atoms with Gasteiger partial charge in [0, 0.05) is 18.0 Å². The highest BCUT2D eigenvalue weighted by Gasteiger charge is 2.30. The van der Waals surface area contributed by atoms with Crippen molar-refractivity contribution in [2.45, 2.75) is 38.4 Å². The summed E-state index contributed by atoms with van der Waals surface area (Å²) in [6, 6.07) is 6.47. The van der Waals surface area contributed by atoms with Crippen LogP contribution in [0.4, 0.5) is 13.2 Å². The Balaban J connectivity index is 0.00000432. The number of aromatic nitrogens is 3. The standard InChI is InChI=1S/C23H22F3N5O3.ClH/c1-2-3-6-17(19(32)20(27)33)30-22(34)16-5-4-11-28-21(16)31-12-18(29-13-31)14-7-9-15(10-8-14)23(24,25)26;/h4-5,7-13,17H,2-3,6H2,1H3,(H2,27,33)(H,30,34);1H. The minimum absolute atomic E-state index is 0. The maximum atomic E-state index is 13.0. The zero-order chi connectivity index (χ0) is 24.9. The van der Waals surface area contributed by atoms with Crippen LogP contribution in [0.3, 0.4) is 0 Å². The first kappa shape index (κ1) is 27.5. The second-order valence-electron chi connectivity index (χ2n) is 7.51. The average molecular weight is 510 g/mol. The summed E-state index contributed by atoms with van der Waals surface area (Å²) in [4.78, 5) is 44.8. The van der Waals surface area contributed by atoms with E-state index in [4.69, 9.17) is 5.73 Å². The van der Waals surface area contributed by atoms with E-state index in [1.165, 1.54) is 47.6 Å². The summed E-state index contributed by atoms with van der Waals surface area (Å²) in [7, 11) is 0. The Hall–Kier alpha value is -3.73. The zero-order valence-corrected chi connectivity index (χ0v) is 19.4. The highest BCUT2D eigenvalue weighted by Crippen LogP contribution is 2.30. The number of hydrogen-bond donors (Lipinski definition) is 2. The van der Waals surface area contributed by atoms with Crippen LogP contribution in [-0.2, 0) is 15.8 Å². The van der Waals surface area contributed by atoms with Crippen molar-refractivity contribution in [1.29, 1.82) is 0 Å². The minimum atomic E-state index is -4.45. The molecule has 2 heterocycles. The first-order valence-electron chi connectivity index (χ1n) is 10.4. The second-order valence-corrected chi connectivity index (χ2v) is 7.51. The monoisotopic (exact) mass is 509 g/mol. The van der Waals surface area contributed by atoms with E-state index in [0.29, 0.717) is 17.7 Å². The number of primary amides is 1. The van der Waals surface area contributed by atoms with Crippen LogP contribution in [0.2, 0.25) is 0 Å². The molecule has 3 rings (SSSR count). The van der Waals surface area contributed by atoms with E-state index in [0.717, 1.165) is 18.6 Å². The number of nitrogens with two attached hydrogens (primary N) is 1. The van der Waals surface area contributed by atoms with Gasteiger partial charge in [0.15, 0.2) is 5.82 Å². The normalized spacial score (nSPS) is 11.9. The van der Waals surface area contributed by atoms with E-state index in [-0.39, 0.29) is 30.2 Å². The third-order valence-electron chi connectivity index (χ3n) is 5.08. The summed E-state index contributed by atoms with van der Waals surface area (Å²) in [5.74, 6) is -2.47. The number of unbranched alkanes of at least 4 members (excludes halogenated alkanes) is 1. The van der Waals surface area contributed by atoms with Crippen LogP contribution < -0.4 is 11.1 Å². The molecule has 0 aliphatic carbocycles. The Morgan fingerprint density at radius 1 is 1.11 bits per heavy atom. The number of Topliss-reactive ketones (excluding diaryl/α,β-unsaturated/α-hetero) is 1. The maximum absolute atomic E-state index is 13.0. The van der Waals surface area contributed by atoms with Gasteiger partial charge in [-0.15, -0.1) is 12.4 Å². The molecule has 0 spiro atoms. The van der Waals surface area contributed by atoms with Gasteiger partial charge >= 0.3 is 6.18 Å². The van der Waals surface area contributed by atoms with Gasteiger partial charge in [0.25, 0.3) is 11.8 Å². The van der Waals surface area contributed by atoms with E-state index in [9.17, 15) is 27.6 Å². The molecule has 1 atom stereocenters. The average Bonchev–Trinajstić information content (AvgIpc) is 3.31. The molecule has 0 saturated carbocycles. The van der Waals surface area contributed by atoms with Crippen molar-refractivity contribution >= 4 is 30.0 Å². The van der Waals surface area contributed by atoms with Gasteiger partial charge in [-0.05, 0) is 30.7 Å². The molecule has 0 radical (unpaired) electrons. The maximum Gasteiger partial charge on any atom is 0.416 e. The van der Waals surface area contributed by atoms with Crippen LogP contribution in [0.15, 0.2) is 55.1 Å². The Kier molecular flexibility index (Phi) is 9.12. The van der Waals surface area contributed by atoms with Crippen LogP contribution in [0.5, 0.6) is 0 Å². The Labute approximate surface area is 205 Å². The predicted octanol–water partition coefficient (Wildman–Crippen LogP) is 3.72. The van der Waals surface area contributed by atoms with Gasteiger partial charge in [-0.2, -0.15) is 13.2 Å². The molecule has 186 valence electrons. The number of nitrogens with zero attached hydrogens (tertiary/aromatic N) is 3. The lowest BCUT2D eigenvalue weighted by molar-refractivity contribution is -0.137. The van der Waals surface area contributed by atoms with E-state index in [1.54, 1.807) is 0 Å². The van der Waals surface area contributed by atoms with Gasteiger partial charge in [-0.25, -0.2) is 9.97 Å². The first-order valence-corrected chi connectivity index (χ1v) is 10.4. The van der Waals surface area contributed by atoms with Crippen molar-refractivity contribution < 1.29 is 27.6 Å². The number of carbonyl (C=O) groups excluding carboxylic acids is 3. The molecule has 1 unspecified atom stereocenters. The molecule has 8 nitrogen and oxygen atoms in total. The predicted molar refractivity (Wildman–Crippen MR) is 124 cm³/mol. The van der Waals surface area contributed by atoms with Crippen LogP contribution in [-0.4, -0.2) is 38.2 Å². The lowest BCUT2D eigenvalue weighted by Crippen LogP contribution is -2.46. The van der Waals surface area contributed by atoms with E-state index >= 15 is 0 Å². The summed E-state index contributed by atoms with van der Waals surface area (Å²) < 4.78 is 39.9. The summed E-state index contributed by atoms with van der Waals surface area (Å²) in [6.45, 7) is 1.90. The smallest absolute Gasteiger partial charge is 0.363 e. The van der Waals surface area contributed by atoms with Crippen LogP contribution in [0.1, 0.15) is 42.1 Å². The van der Waals surface area contributed by atoms with Crippen LogP contribution >= 0.6 is 12.4 Å². The lowest BCUT2D eigenvalue weighted by atomic mass is 10.0. The minimum Gasteiger partial charge on any atom is -0.363 e. The third-order valence-corrected chi connectivity index (χ3v) is 5.08. The molecule has 12 heteroatoms. The largest absolute Gasteiger partial charge is 0.416 e. The van der Waals surface area contributed by atoms with Crippen molar-refractivity contribution in [3.63, 3.8) is 0 Å². The molecule has 3 N–H and O–H groups in total. The third kappa shape index (κ3) is 6.66. The molecule has 0 bridgehead atoms. The number of imidazole rings is 1. The number of amides is 2. The van der Waals surface area contributed by atoms with E-state index < -0.39 is 35.4 Å². The van der Waals surface area contributed by atoms with Gasteiger partial charge in [-0.1, -0.05) is 31.9 Å². The van der Waals surface area contributed by atoms with Crippen LogP contribution in [0.25, 0.3) is 17.1 Å². The molecular formula is C23H23ClF3N5O3. The molecule has 2 aromatic heterocycles. The summed E-state index contributed by atoms with van der Waals surface area (Å²) in [6.07, 6.45) is 1.50. The fourth-order valence-electron chi connectivity index (χ4n) is 3.28. The fraction of sp³-hybridized carbons (Fsp3) is 0.261. The van der Waals surface area contributed by atoms with Gasteiger partial charge in [-0.3, -0.25) is 19.0 Å². The van der Waals surface area contributed by atoms with Crippen molar-refractivity contribution in [2.24, 2.45) is 5.73 Å². The highest BCUT2D eigenvalue weighted by atomic mass is 35.5. The molecule has 0 aliphatic heterocycles. The SMILES string of the molecule is CCCCC(NC(=O)c1cccnc1-n1cnc(-c2ccc(C(F)(F)F)cc2)c1)C(=O)C(N)=O.Cl. The molecule has 0 fully saturated rings. The Morgan fingerprint density at radius 3 is 2.40 bits per heavy atom. The number of benzene rings is 1. The van der Waals surface area contributed by atoms with E-state index in [1.807, 2.05) is 6.92 Å². The number of rotatable bonds is 9. The number of hydrogen-bond acceptors (Lipinski definition) is 5. The van der Waals surface area contributed by atoms with E-state index in [2.05, 4.69) is 15.3 Å². The number of pyridine rings is 1. The summed E-state index contributed by atoms with van der Waals surface area (Å²) >= 11 is 0. The van der Waals surface area contributed by atoms with Crippen molar-refractivity contribution in [1.82, 2.24) is 19.9 Å². The Morgan fingerprint density at radius 2 is 1.80 bits per heavy atom. The summed E-state index contributed by atoms with van der Waals surface area (Å²) in [5, 5.41) is 2.55. The molecule has 2 amide bonds. The van der Waals surface area contributed by atoms with Crippen molar-refractivity contribution in [2.75, 3.05) is 0 Å². The Bertz CT molecular complexity index is 1200. The molecule has 0 saturated heterocycles. The molecular weight excluding hydrogens is 487 g/mol. The van der Waals surface area contributed by atoms with Gasteiger partial charge < -0.3 is 11.1 Å². The molecule has 0 aliphatic rings. The van der Waals surface area contributed by atoms with Gasteiger partial charge in [0.05, 0.1) is 22.9 Å². The topological polar surface area (TPSA) is 120 Å². The quantitative estimate of drug-likeness (QED) is 0.426. The number of halogens is 4. The van der Waals surface area contributed by atoms with Crippen molar-refractivity contribution in [3.8, 4) is 17.1 Å².